The van der Waals surface area contributed by atoms with Gasteiger partial charge in [0.05, 0.1) is 15.7 Å². The fourth-order valence-electron chi connectivity index (χ4n) is 1.95. The lowest BCUT2D eigenvalue weighted by molar-refractivity contribution is -0.111. The smallest absolute Gasteiger partial charge is 0.248 e. The zero-order valence-corrected chi connectivity index (χ0v) is 13.2. The number of nitrogens with one attached hydrogen (secondary N) is 1. The van der Waals surface area contributed by atoms with Gasteiger partial charge in [-0.2, -0.15) is 0 Å². The van der Waals surface area contributed by atoms with E-state index >= 15 is 0 Å². The number of nitrogens with zero attached hydrogens (tertiary/aromatic N) is 1. The number of aromatic nitrogens is 1. The molecule has 116 valence electrons. The van der Waals surface area contributed by atoms with Crippen LogP contribution in [0.4, 0.5) is 11.4 Å². The number of carbonyl (C=O) groups is 1. The molecule has 7 heteroatoms. The highest BCUT2D eigenvalue weighted by Gasteiger charge is 2.07. The van der Waals surface area contributed by atoms with Gasteiger partial charge < -0.3 is 15.5 Å². The third kappa shape index (κ3) is 3.47. The van der Waals surface area contributed by atoms with E-state index in [1.165, 1.54) is 24.3 Å². The Morgan fingerprint density at radius 1 is 1.22 bits per heavy atom. The summed E-state index contributed by atoms with van der Waals surface area (Å²) in [5.41, 5.74) is 7.74. The maximum Gasteiger partial charge on any atom is 0.248 e. The second kappa shape index (κ2) is 6.32. The number of nitrogen functional groups attached to an aromatic ring is 1. The molecule has 0 saturated heterocycles. The van der Waals surface area contributed by atoms with Gasteiger partial charge in [-0.15, -0.1) is 0 Å². The SMILES string of the molecule is Nc1c(Cl)cc(NC(=O)/C=C/c2nc3ccccc3o2)cc1Cl. The molecule has 23 heavy (non-hydrogen) atoms. The summed E-state index contributed by atoms with van der Waals surface area (Å²) in [5, 5.41) is 3.18. The predicted octanol–water partition coefficient (Wildman–Crippen LogP) is 4.37. The second-order valence-corrected chi connectivity index (χ2v) is 5.51. The van der Waals surface area contributed by atoms with E-state index in [0.717, 1.165) is 5.52 Å². The summed E-state index contributed by atoms with van der Waals surface area (Å²) in [7, 11) is 0. The summed E-state index contributed by atoms with van der Waals surface area (Å²) < 4.78 is 5.49. The van der Waals surface area contributed by atoms with Gasteiger partial charge in [-0.25, -0.2) is 4.98 Å². The average molecular weight is 348 g/mol. The van der Waals surface area contributed by atoms with Gasteiger partial charge in [-0.3, -0.25) is 4.79 Å². The highest BCUT2D eigenvalue weighted by molar-refractivity contribution is 6.39. The van der Waals surface area contributed by atoms with Crippen LogP contribution in [0.1, 0.15) is 5.89 Å². The molecule has 3 N–H and O–H groups in total. The Morgan fingerprint density at radius 3 is 2.61 bits per heavy atom. The Balaban J connectivity index is 1.74. The van der Waals surface area contributed by atoms with Gasteiger partial charge in [0.15, 0.2) is 5.58 Å². The first kappa shape index (κ1) is 15.4. The lowest BCUT2D eigenvalue weighted by Gasteiger charge is -2.06. The van der Waals surface area contributed by atoms with Crippen LogP contribution in [0.15, 0.2) is 46.9 Å². The van der Waals surface area contributed by atoms with Crippen molar-refractivity contribution in [3.63, 3.8) is 0 Å². The Hall–Kier alpha value is -2.50. The predicted molar refractivity (Wildman–Crippen MR) is 92.5 cm³/mol. The van der Waals surface area contributed by atoms with Gasteiger partial charge in [0.2, 0.25) is 11.8 Å². The first-order chi connectivity index (χ1) is 11.0. The third-order valence-corrected chi connectivity index (χ3v) is 3.66. The molecule has 5 nitrogen and oxygen atoms in total. The van der Waals surface area contributed by atoms with Crippen LogP contribution in [0.3, 0.4) is 0 Å². The summed E-state index contributed by atoms with van der Waals surface area (Å²) >= 11 is 11.8. The minimum absolute atomic E-state index is 0.272. The molecule has 3 aromatic rings. The number of oxazole rings is 1. The molecule has 0 aliphatic rings. The van der Waals surface area contributed by atoms with Crippen molar-refractivity contribution < 1.29 is 9.21 Å². The first-order valence-corrected chi connectivity index (χ1v) is 7.37. The van der Waals surface area contributed by atoms with Gasteiger partial charge in [-0.1, -0.05) is 35.3 Å². The standard InChI is InChI=1S/C16H11Cl2N3O2/c17-10-7-9(8-11(18)16(10)19)20-14(22)5-6-15-21-12-3-1-2-4-13(12)23-15/h1-8H,19H2,(H,20,22)/b6-5+. The van der Waals surface area contributed by atoms with Gasteiger partial charge >= 0.3 is 0 Å². The normalized spacial score (nSPS) is 11.2. The largest absolute Gasteiger partial charge is 0.437 e. The molecular formula is C16H11Cl2N3O2. The molecule has 1 aromatic heterocycles. The summed E-state index contributed by atoms with van der Waals surface area (Å²) in [5.74, 6) is -0.0288. The second-order valence-electron chi connectivity index (χ2n) is 4.70. The number of anilines is 2. The van der Waals surface area contributed by atoms with Crippen molar-refractivity contribution in [3.8, 4) is 0 Å². The maximum absolute atomic E-state index is 11.9. The van der Waals surface area contributed by atoms with E-state index < -0.39 is 0 Å². The van der Waals surface area contributed by atoms with E-state index in [2.05, 4.69) is 10.3 Å². The molecule has 0 bridgehead atoms. The molecule has 0 fully saturated rings. The van der Waals surface area contributed by atoms with Crippen LogP contribution in [0.25, 0.3) is 17.2 Å². The van der Waals surface area contributed by atoms with Crippen LogP contribution in [-0.2, 0) is 4.79 Å². The highest BCUT2D eigenvalue weighted by atomic mass is 35.5. The lowest BCUT2D eigenvalue weighted by atomic mass is 10.2. The zero-order chi connectivity index (χ0) is 16.4. The number of fused-ring (bicyclic) bond motifs is 1. The summed E-state index contributed by atoms with van der Waals surface area (Å²) in [6.07, 6.45) is 2.79. The van der Waals surface area contributed by atoms with Crippen LogP contribution in [-0.4, -0.2) is 10.9 Å². The molecule has 0 atom stereocenters. The molecular weight excluding hydrogens is 337 g/mol. The molecule has 1 heterocycles. The van der Waals surface area contributed by atoms with Crippen LogP contribution in [0.2, 0.25) is 10.0 Å². The molecule has 3 rings (SSSR count). The summed E-state index contributed by atoms with van der Waals surface area (Å²) in [4.78, 5) is 16.2. The summed E-state index contributed by atoms with van der Waals surface area (Å²) in [6, 6.07) is 10.4. The van der Waals surface area contributed by atoms with Crippen molar-refractivity contribution >= 4 is 57.7 Å². The van der Waals surface area contributed by atoms with Crippen LogP contribution in [0, 0.1) is 0 Å². The number of hydrogen-bond acceptors (Lipinski definition) is 4. The number of para-hydroxylation sites is 2. The third-order valence-electron chi connectivity index (χ3n) is 3.03. The van der Waals surface area contributed by atoms with Crippen molar-refractivity contribution in [3.05, 3.63) is 58.4 Å². The number of nitrogens with two attached hydrogens (primary N) is 1. The number of rotatable bonds is 3. The van der Waals surface area contributed by atoms with Gasteiger partial charge in [0.1, 0.15) is 5.52 Å². The number of halogens is 2. The Morgan fingerprint density at radius 2 is 1.91 bits per heavy atom. The van der Waals surface area contributed by atoms with E-state index in [1.807, 2.05) is 18.2 Å². The van der Waals surface area contributed by atoms with Gasteiger partial charge in [0.25, 0.3) is 0 Å². The quantitative estimate of drug-likeness (QED) is 0.544. The molecule has 0 aliphatic heterocycles. The minimum Gasteiger partial charge on any atom is -0.437 e. The highest BCUT2D eigenvalue weighted by Crippen LogP contribution is 2.31. The van der Waals surface area contributed by atoms with E-state index in [4.69, 9.17) is 33.4 Å². The Bertz CT molecular complexity index is 863. The van der Waals surface area contributed by atoms with Crippen LogP contribution >= 0.6 is 23.2 Å². The van der Waals surface area contributed by atoms with Gasteiger partial charge in [0, 0.05) is 17.8 Å². The van der Waals surface area contributed by atoms with Crippen molar-refractivity contribution in [2.75, 3.05) is 11.1 Å². The Kier molecular flexibility index (Phi) is 4.23. The fraction of sp³-hybridized carbons (Fsp3) is 0. The molecule has 0 unspecified atom stereocenters. The molecule has 2 aromatic carbocycles. The number of carbonyl (C=O) groups excluding carboxylic acids is 1. The average Bonchev–Trinajstić information content (AvgIpc) is 2.93. The monoisotopic (exact) mass is 347 g/mol. The molecule has 0 spiro atoms. The van der Waals surface area contributed by atoms with Crippen LogP contribution < -0.4 is 11.1 Å². The zero-order valence-electron chi connectivity index (χ0n) is 11.7. The van der Waals surface area contributed by atoms with E-state index in [1.54, 1.807) is 6.07 Å². The number of amides is 1. The molecule has 1 amide bonds. The lowest BCUT2D eigenvalue weighted by Crippen LogP contribution is -2.08. The van der Waals surface area contributed by atoms with Crippen molar-refractivity contribution in [1.29, 1.82) is 0 Å². The Labute approximate surface area is 141 Å². The van der Waals surface area contributed by atoms with Crippen molar-refractivity contribution in [2.24, 2.45) is 0 Å². The van der Waals surface area contributed by atoms with E-state index in [9.17, 15) is 4.79 Å². The summed E-state index contributed by atoms with van der Waals surface area (Å²) in [6.45, 7) is 0. The topological polar surface area (TPSA) is 81.1 Å². The first-order valence-electron chi connectivity index (χ1n) is 6.62. The van der Waals surface area contributed by atoms with Crippen LogP contribution in [0.5, 0.6) is 0 Å². The molecule has 0 aliphatic carbocycles. The fourth-order valence-corrected chi connectivity index (χ4v) is 2.44. The number of benzene rings is 2. The van der Waals surface area contributed by atoms with E-state index in [0.29, 0.717) is 17.2 Å². The van der Waals surface area contributed by atoms with E-state index in [-0.39, 0.29) is 21.6 Å². The molecule has 0 radical (unpaired) electrons. The molecule has 0 saturated carbocycles. The minimum atomic E-state index is -0.371. The van der Waals surface area contributed by atoms with Gasteiger partial charge in [-0.05, 0) is 24.3 Å². The maximum atomic E-state index is 11.9. The van der Waals surface area contributed by atoms with Crippen molar-refractivity contribution in [2.45, 2.75) is 0 Å². The van der Waals surface area contributed by atoms with Crippen molar-refractivity contribution in [1.82, 2.24) is 4.98 Å². The number of hydrogen-bond donors (Lipinski definition) is 2.